The van der Waals surface area contributed by atoms with E-state index in [1.54, 1.807) is 6.92 Å². The summed E-state index contributed by atoms with van der Waals surface area (Å²) in [6.07, 6.45) is 0. The van der Waals surface area contributed by atoms with Gasteiger partial charge in [-0.05, 0) is 19.9 Å². The minimum atomic E-state index is -1.62. The molecule has 6 amide bonds. The lowest BCUT2D eigenvalue weighted by atomic mass is 9.91. The third-order valence-electron chi connectivity index (χ3n) is 3.58. The number of rotatable bonds is 4. The summed E-state index contributed by atoms with van der Waals surface area (Å²) in [6.45, 7) is 2.69. The maximum Gasteiger partial charge on any atom is 0.325 e. The molecule has 1 aliphatic rings. The third-order valence-corrected chi connectivity index (χ3v) is 3.58. The maximum atomic E-state index is 14.0. The summed E-state index contributed by atoms with van der Waals surface area (Å²) in [6, 6.07) is 3.98. The van der Waals surface area contributed by atoms with Crippen LogP contribution in [-0.4, -0.2) is 41.9 Å². The monoisotopic (exact) mass is 336 g/mol. The van der Waals surface area contributed by atoms with Crippen molar-refractivity contribution in [1.82, 2.24) is 20.9 Å². The Morgan fingerprint density at radius 1 is 1.29 bits per heavy atom. The molecule has 1 atom stereocenters. The van der Waals surface area contributed by atoms with Gasteiger partial charge in [-0.2, -0.15) is 0 Å². The highest BCUT2D eigenvalue weighted by molar-refractivity contribution is 6.10. The van der Waals surface area contributed by atoms with Crippen molar-refractivity contribution in [2.24, 2.45) is 0 Å². The summed E-state index contributed by atoms with van der Waals surface area (Å²) in [5.41, 5.74) is -1.62. The Labute approximate surface area is 137 Å². The average molecular weight is 336 g/mol. The SMILES string of the molecule is CCNC(=O)NC(=O)CN1C(=O)N[C@@](C)(c2ccccc2F)C1=O. The lowest BCUT2D eigenvalue weighted by Gasteiger charge is -2.22. The second-order valence-corrected chi connectivity index (χ2v) is 5.33. The van der Waals surface area contributed by atoms with Gasteiger partial charge in [-0.1, -0.05) is 18.2 Å². The standard InChI is InChI=1S/C15H17FN4O4/c1-3-17-13(23)18-11(21)8-20-12(22)15(2,19-14(20)24)9-6-4-5-7-10(9)16/h4-7H,3,8H2,1-2H3,(H,19,24)(H2,17,18,21,23)/t15-/m0/s1. The molecule has 8 nitrogen and oxygen atoms in total. The van der Waals surface area contributed by atoms with Crippen molar-refractivity contribution < 1.29 is 23.6 Å². The van der Waals surface area contributed by atoms with Gasteiger partial charge in [-0.3, -0.25) is 19.8 Å². The van der Waals surface area contributed by atoms with Gasteiger partial charge in [0.1, 0.15) is 17.9 Å². The number of carbonyl (C=O) groups is 4. The molecule has 0 unspecified atom stereocenters. The molecule has 0 bridgehead atoms. The molecular formula is C15H17FN4O4. The zero-order valence-electron chi connectivity index (χ0n) is 13.2. The first-order valence-corrected chi connectivity index (χ1v) is 7.26. The molecule has 0 aliphatic carbocycles. The summed E-state index contributed by atoms with van der Waals surface area (Å²) in [7, 11) is 0. The molecule has 1 aromatic carbocycles. The molecule has 0 radical (unpaired) electrons. The minimum Gasteiger partial charge on any atom is -0.338 e. The van der Waals surface area contributed by atoms with E-state index >= 15 is 0 Å². The van der Waals surface area contributed by atoms with Crippen LogP contribution < -0.4 is 16.0 Å². The Hall–Kier alpha value is -2.97. The maximum absolute atomic E-state index is 14.0. The van der Waals surface area contributed by atoms with Crippen LogP contribution in [0.4, 0.5) is 14.0 Å². The average Bonchev–Trinajstić information content (AvgIpc) is 2.72. The Morgan fingerprint density at radius 3 is 2.58 bits per heavy atom. The van der Waals surface area contributed by atoms with Gasteiger partial charge in [-0.25, -0.2) is 14.0 Å². The highest BCUT2D eigenvalue weighted by Crippen LogP contribution is 2.30. The molecule has 0 saturated carbocycles. The van der Waals surface area contributed by atoms with Crippen LogP contribution in [0.25, 0.3) is 0 Å². The van der Waals surface area contributed by atoms with Crippen LogP contribution in [-0.2, 0) is 15.1 Å². The number of hydrogen-bond acceptors (Lipinski definition) is 4. The predicted octanol–water partition coefficient (Wildman–Crippen LogP) is 0.438. The molecule has 24 heavy (non-hydrogen) atoms. The lowest BCUT2D eigenvalue weighted by Crippen LogP contribution is -2.47. The van der Waals surface area contributed by atoms with Crippen LogP contribution in [0.1, 0.15) is 19.4 Å². The highest BCUT2D eigenvalue weighted by Gasteiger charge is 2.50. The van der Waals surface area contributed by atoms with Gasteiger partial charge in [0, 0.05) is 12.1 Å². The fourth-order valence-corrected chi connectivity index (χ4v) is 2.40. The largest absolute Gasteiger partial charge is 0.338 e. The predicted molar refractivity (Wildman–Crippen MR) is 81.2 cm³/mol. The van der Waals surface area contributed by atoms with Crippen molar-refractivity contribution in [3.63, 3.8) is 0 Å². The van der Waals surface area contributed by atoms with E-state index in [1.165, 1.54) is 31.2 Å². The van der Waals surface area contributed by atoms with Gasteiger partial charge in [0.2, 0.25) is 5.91 Å². The van der Waals surface area contributed by atoms with Crippen LogP contribution in [0.5, 0.6) is 0 Å². The van der Waals surface area contributed by atoms with Gasteiger partial charge in [-0.15, -0.1) is 0 Å². The first-order valence-electron chi connectivity index (χ1n) is 7.26. The van der Waals surface area contributed by atoms with Gasteiger partial charge in [0.15, 0.2) is 0 Å². The quantitative estimate of drug-likeness (QED) is 0.693. The lowest BCUT2D eigenvalue weighted by molar-refractivity contribution is -0.134. The van der Waals surface area contributed by atoms with Crippen molar-refractivity contribution in [3.05, 3.63) is 35.6 Å². The Kier molecular flexibility index (Phi) is 4.82. The van der Waals surface area contributed by atoms with E-state index in [0.29, 0.717) is 11.4 Å². The summed E-state index contributed by atoms with van der Waals surface area (Å²) < 4.78 is 14.0. The van der Waals surface area contributed by atoms with Gasteiger partial charge in [0.05, 0.1) is 0 Å². The van der Waals surface area contributed by atoms with Crippen molar-refractivity contribution in [2.45, 2.75) is 19.4 Å². The number of amides is 6. The van der Waals surface area contributed by atoms with E-state index in [4.69, 9.17) is 0 Å². The zero-order valence-corrected chi connectivity index (χ0v) is 13.2. The van der Waals surface area contributed by atoms with Gasteiger partial charge >= 0.3 is 12.1 Å². The number of nitrogens with one attached hydrogen (secondary N) is 3. The van der Waals surface area contributed by atoms with Crippen LogP contribution in [0.3, 0.4) is 0 Å². The van der Waals surface area contributed by atoms with E-state index in [2.05, 4.69) is 10.6 Å². The molecular weight excluding hydrogens is 319 g/mol. The zero-order chi connectivity index (χ0) is 17.9. The number of nitrogens with zero attached hydrogens (tertiary/aromatic N) is 1. The molecule has 0 spiro atoms. The molecule has 1 aliphatic heterocycles. The highest BCUT2D eigenvalue weighted by atomic mass is 19.1. The Morgan fingerprint density at radius 2 is 1.96 bits per heavy atom. The van der Waals surface area contributed by atoms with Crippen molar-refractivity contribution >= 4 is 23.9 Å². The topological polar surface area (TPSA) is 108 Å². The second kappa shape index (κ2) is 6.65. The van der Waals surface area contributed by atoms with Crippen LogP contribution in [0.15, 0.2) is 24.3 Å². The number of carbonyl (C=O) groups excluding carboxylic acids is 4. The van der Waals surface area contributed by atoms with E-state index in [0.717, 1.165) is 0 Å². The second-order valence-electron chi connectivity index (χ2n) is 5.33. The molecule has 1 fully saturated rings. The molecule has 3 N–H and O–H groups in total. The minimum absolute atomic E-state index is 0.00464. The van der Waals surface area contributed by atoms with E-state index < -0.39 is 41.8 Å². The molecule has 2 rings (SSSR count). The van der Waals surface area contributed by atoms with E-state index in [9.17, 15) is 23.6 Å². The fraction of sp³-hybridized carbons (Fsp3) is 0.333. The Bertz CT molecular complexity index is 708. The summed E-state index contributed by atoms with van der Waals surface area (Å²) in [5, 5.41) is 6.73. The third kappa shape index (κ3) is 3.19. The van der Waals surface area contributed by atoms with Crippen molar-refractivity contribution in [1.29, 1.82) is 0 Å². The van der Waals surface area contributed by atoms with Crippen molar-refractivity contribution in [2.75, 3.05) is 13.1 Å². The molecule has 1 heterocycles. The number of urea groups is 2. The Balaban J connectivity index is 2.16. The first kappa shape index (κ1) is 17.4. The normalized spacial score (nSPS) is 19.9. The van der Waals surface area contributed by atoms with E-state index in [-0.39, 0.29) is 5.56 Å². The van der Waals surface area contributed by atoms with Crippen molar-refractivity contribution in [3.8, 4) is 0 Å². The molecule has 0 aromatic heterocycles. The smallest absolute Gasteiger partial charge is 0.325 e. The van der Waals surface area contributed by atoms with E-state index in [1.807, 2.05) is 5.32 Å². The fourth-order valence-electron chi connectivity index (χ4n) is 2.40. The van der Waals surface area contributed by atoms with Gasteiger partial charge in [0.25, 0.3) is 5.91 Å². The molecule has 1 aromatic rings. The molecule has 9 heteroatoms. The van der Waals surface area contributed by atoms with Crippen LogP contribution in [0, 0.1) is 5.82 Å². The van der Waals surface area contributed by atoms with Crippen LogP contribution >= 0.6 is 0 Å². The molecule has 128 valence electrons. The summed E-state index contributed by atoms with van der Waals surface area (Å²) in [5.74, 6) is -2.26. The number of imide groups is 2. The first-order chi connectivity index (χ1) is 11.3. The van der Waals surface area contributed by atoms with Gasteiger partial charge < -0.3 is 10.6 Å². The molecule has 1 saturated heterocycles. The number of benzene rings is 1. The summed E-state index contributed by atoms with van der Waals surface area (Å²) >= 11 is 0. The summed E-state index contributed by atoms with van der Waals surface area (Å²) in [4.78, 5) is 48.3. The number of hydrogen-bond donors (Lipinski definition) is 3. The number of halogens is 1. The van der Waals surface area contributed by atoms with Crippen LogP contribution in [0.2, 0.25) is 0 Å².